The molecule has 0 bridgehead atoms. The molecule has 0 saturated carbocycles. The van der Waals surface area contributed by atoms with Crippen molar-refractivity contribution >= 4 is 124 Å². The van der Waals surface area contributed by atoms with E-state index in [-0.39, 0.29) is 0 Å². The zero-order chi connectivity index (χ0) is 41.4. The summed E-state index contributed by atoms with van der Waals surface area (Å²) >= 11 is 1.87. The number of furan rings is 1. The van der Waals surface area contributed by atoms with E-state index in [1.807, 2.05) is 17.4 Å². The smallest absolute Gasteiger partial charge is 0.137 e. The second kappa shape index (κ2) is 14.3. The summed E-state index contributed by atoms with van der Waals surface area (Å²) in [6.07, 6.45) is 0. The predicted octanol–water partition coefficient (Wildman–Crippen LogP) is 18.0. The lowest BCUT2D eigenvalue weighted by molar-refractivity contribution is 0.669. The number of fused-ring (bicyclic) bond motifs is 16. The van der Waals surface area contributed by atoms with Gasteiger partial charge in [-0.05, 0) is 114 Å². The summed E-state index contributed by atoms with van der Waals surface area (Å²) in [7, 11) is 0. The van der Waals surface area contributed by atoms with Gasteiger partial charge in [0.15, 0.2) is 0 Å². The highest BCUT2D eigenvalue weighted by Gasteiger charge is 2.20. The van der Waals surface area contributed by atoms with Crippen molar-refractivity contribution in [3.05, 3.63) is 224 Å². The van der Waals surface area contributed by atoms with E-state index in [2.05, 4.69) is 223 Å². The fourth-order valence-electron chi connectivity index (χ4n) is 10.0. The number of thiophene rings is 1. The summed E-state index contributed by atoms with van der Waals surface area (Å²) in [5.74, 6) is 0. The van der Waals surface area contributed by atoms with Gasteiger partial charge in [0.2, 0.25) is 0 Å². The maximum Gasteiger partial charge on any atom is 0.137 e. The molecule has 3 heteroatoms. The summed E-state index contributed by atoms with van der Waals surface area (Å²) in [6.45, 7) is 0. The first-order valence-corrected chi connectivity index (χ1v) is 22.3. The van der Waals surface area contributed by atoms with Gasteiger partial charge in [-0.3, -0.25) is 0 Å². The van der Waals surface area contributed by atoms with Gasteiger partial charge in [-0.15, -0.1) is 11.3 Å². The lowest BCUT2D eigenvalue weighted by atomic mass is 9.93. The van der Waals surface area contributed by atoms with Gasteiger partial charge < -0.3 is 9.32 Å². The Morgan fingerprint density at radius 3 is 1.46 bits per heavy atom. The highest BCUT2D eigenvalue weighted by molar-refractivity contribution is 7.25. The van der Waals surface area contributed by atoms with Gasteiger partial charge in [-0.1, -0.05) is 164 Å². The number of rotatable bonds is 4. The quantitative estimate of drug-likeness (QED) is 0.176. The van der Waals surface area contributed by atoms with Gasteiger partial charge in [0, 0.05) is 53.9 Å². The molecule has 63 heavy (non-hydrogen) atoms. The van der Waals surface area contributed by atoms with Crippen LogP contribution in [0.4, 0.5) is 17.1 Å². The number of anilines is 3. The zero-order valence-corrected chi connectivity index (χ0v) is 34.9. The highest BCUT2D eigenvalue weighted by atomic mass is 32.1. The molecule has 0 unspecified atom stereocenters. The third-order valence-corrected chi connectivity index (χ3v) is 14.0. The van der Waals surface area contributed by atoms with Crippen LogP contribution in [0.25, 0.3) is 107 Å². The fourth-order valence-corrected chi connectivity index (χ4v) is 11.1. The van der Waals surface area contributed by atoms with Crippen molar-refractivity contribution in [1.29, 1.82) is 0 Å². The van der Waals surface area contributed by atoms with Crippen LogP contribution < -0.4 is 4.90 Å². The monoisotopic (exact) mass is 819 g/mol. The van der Waals surface area contributed by atoms with Gasteiger partial charge in [0.1, 0.15) is 11.2 Å². The Balaban J connectivity index is 1.21. The minimum Gasteiger partial charge on any atom is -0.456 e. The Bertz CT molecular complexity index is 4050. The van der Waals surface area contributed by atoms with E-state index in [0.29, 0.717) is 0 Å². The van der Waals surface area contributed by atoms with Crippen molar-refractivity contribution < 1.29 is 4.42 Å². The van der Waals surface area contributed by atoms with Crippen molar-refractivity contribution in [2.24, 2.45) is 0 Å². The molecule has 0 aliphatic rings. The number of para-hydroxylation sites is 2. The molecule has 294 valence electrons. The van der Waals surface area contributed by atoms with E-state index < -0.39 is 0 Å². The molecular formula is C60H37NOS. The van der Waals surface area contributed by atoms with Gasteiger partial charge in [0.25, 0.3) is 0 Å². The van der Waals surface area contributed by atoms with Crippen molar-refractivity contribution in [2.45, 2.75) is 0 Å². The zero-order valence-electron chi connectivity index (χ0n) is 34.1. The van der Waals surface area contributed by atoms with Crippen molar-refractivity contribution in [1.82, 2.24) is 0 Å². The van der Waals surface area contributed by atoms with Crippen LogP contribution in [-0.2, 0) is 0 Å². The van der Waals surface area contributed by atoms with Gasteiger partial charge in [-0.25, -0.2) is 0 Å². The minimum absolute atomic E-state index is 0.858. The number of hydrogen-bond acceptors (Lipinski definition) is 3. The molecule has 13 rings (SSSR count). The third-order valence-electron chi connectivity index (χ3n) is 12.9. The third kappa shape index (κ3) is 5.71. The molecule has 0 N–H and O–H groups in total. The molecule has 0 spiro atoms. The summed E-state index contributed by atoms with van der Waals surface area (Å²) < 4.78 is 9.14. The molecule has 0 atom stereocenters. The molecule has 0 aliphatic heterocycles. The van der Waals surface area contributed by atoms with Gasteiger partial charge in [-0.2, -0.15) is 0 Å². The van der Waals surface area contributed by atoms with E-state index in [0.717, 1.165) is 50.1 Å². The largest absolute Gasteiger partial charge is 0.456 e. The Kier molecular flexibility index (Phi) is 8.12. The van der Waals surface area contributed by atoms with Crippen LogP contribution in [0.5, 0.6) is 0 Å². The van der Waals surface area contributed by atoms with Crippen LogP contribution >= 0.6 is 11.3 Å². The van der Waals surface area contributed by atoms with Crippen molar-refractivity contribution in [2.75, 3.05) is 4.90 Å². The molecule has 2 nitrogen and oxygen atoms in total. The van der Waals surface area contributed by atoms with Crippen molar-refractivity contribution in [3.8, 4) is 11.1 Å². The predicted molar refractivity (Wildman–Crippen MR) is 272 cm³/mol. The SMILES string of the molecule is c1ccc(-c2ccccc2N(c2ccc3c(c2)oc2ccccc23)c2ccc3c(c2)c2ccccc2c2ccccc2c2ccccc2c2cc4c(cc32)sc2ccccc24)cc1. The highest BCUT2D eigenvalue weighted by Crippen LogP contribution is 2.46. The maximum absolute atomic E-state index is 6.56. The van der Waals surface area contributed by atoms with Crippen LogP contribution in [0.3, 0.4) is 0 Å². The molecule has 0 aliphatic carbocycles. The fraction of sp³-hybridized carbons (Fsp3) is 0. The Morgan fingerprint density at radius 1 is 0.286 bits per heavy atom. The molecule has 13 aromatic rings. The second-order valence-corrected chi connectivity index (χ2v) is 17.4. The average molecular weight is 820 g/mol. The van der Waals surface area contributed by atoms with E-state index >= 15 is 0 Å². The molecular weight excluding hydrogens is 783 g/mol. The van der Waals surface area contributed by atoms with Crippen LogP contribution in [-0.4, -0.2) is 0 Å². The topological polar surface area (TPSA) is 16.4 Å². The average Bonchev–Trinajstić information content (AvgIpc) is 3.91. The van der Waals surface area contributed by atoms with Crippen LogP contribution in [0.15, 0.2) is 229 Å². The van der Waals surface area contributed by atoms with Crippen molar-refractivity contribution in [3.63, 3.8) is 0 Å². The van der Waals surface area contributed by atoms with E-state index in [9.17, 15) is 0 Å². The number of nitrogens with zero attached hydrogens (tertiary/aromatic N) is 1. The minimum atomic E-state index is 0.858. The summed E-state index contributed by atoms with van der Waals surface area (Å²) in [5.41, 5.74) is 7.20. The van der Waals surface area contributed by atoms with E-state index in [1.54, 1.807) is 0 Å². The van der Waals surface area contributed by atoms with Crippen LogP contribution in [0.2, 0.25) is 0 Å². The maximum atomic E-state index is 6.56. The Hall–Kier alpha value is -7.98. The van der Waals surface area contributed by atoms with E-state index in [4.69, 9.17) is 4.42 Å². The molecule has 11 aromatic carbocycles. The van der Waals surface area contributed by atoms with E-state index in [1.165, 1.54) is 74.0 Å². The number of hydrogen-bond donors (Lipinski definition) is 0. The second-order valence-electron chi connectivity index (χ2n) is 16.4. The summed E-state index contributed by atoms with van der Waals surface area (Å²) in [4.78, 5) is 2.41. The van der Waals surface area contributed by atoms with Crippen LogP contribution in [0, 0.1) is 0 Å². The summed E-state index contributed by atoms with van der Waals surface area (Å²) in [5, 5.41) is 16.9. The Morgan fingerprint density at radius 2 is 0.762 bits per heavy atom. The summed E-state index contributed by atoms with van der Waals surface area (Å²) in [6, 6.07) is 82.1. The first-order chi connectivity index (χ1) is 31.2. The molecule has 0 radical (unpaired) electrons. The molecule has 2 aromatic heterocycles. The lowest BCUT2D eigenvalue weighted by Crippen LogP contribution is -2.11. The standard InChI is InChI=1S/C60H37NOS/c1-2-16-38(17-3-1)41-18-10-13-27-56(41)61(40-31-33-50-49-25-11-14-28-57(49)62-58(50)35-40)39-30-32-48-52(34-39)46-23-8-6-21-44(46)42-19-4-5-20-43(42)45-22-7-9-24-47(45)53-36-55-51-26-12-15-29-59(51)63-60(55)37-54(48)53/h1-37H. The molecule has 0 fully saturated rings. The van der Waals surface area contributed by atoms with Gasteiger partial charge >= 0.3 is 0 Å². The van der Waals surface area contributed by atoms with Crippen LogP contribution in [0.1, 0.15) is 0 Å². The van der Waals surface area contributed by atoms with Gasteiger partial charge in [0.05, 0.1) is 5.69 Å². The lowest BCUT2D eigenvalue weighted by Gasteiger charge is -2.28. The first-order valence-electron chi connectivity index (χ1n) is 21.5. The number of benzene rings is 10. The molecule has 0 amide bonds. The normalized spacial score (nSPS) is 11.8. The molecule has 2 heterocycles. The first kappa shape index (κ1) is 35.7. The molecule has 0 saturated heterocycles. The Labute approximate surface area is 367 Å².